The van der Waals surface area contributed by atoms with Crippen molar-refractivity contribution in [2.75, 3.05) is 0 Å². The minimum atomic E-state index is 0.136. The first-order valence-electron chi connectivity index (χ1n) is 20.0. The molecule has 2 aromatic carbocycles. The Labute approximate surface area is 293 Å². The molecule has 0 unspecified atom stereocenters. The van der Waals surface area contributed by atoms with Gasteiger partial charge in [-0.3, -0.25) is 0 Å². The van der Waals surface area contributed by atoms with Crippen LogP contribution in [0.4, 0.5) is 0 Å². The fourth-order valence-electron chi connectivity index (χ4n) is 9.72. The van der Waals surface area contributed by atoms with Crippen LogP contribution >= 0.6 is 0 Å². The highest BCUT2D eigenvalue weighted by Crippen LogP contribution is 2.53. The summed E-state index contributed by atoms with van der Waals surface area (Å²) in [5, 5.41) is 47.5. The molecule has 0 amide bonds. The molecule has 4 nitrogen and oxygen atoms in total. The molecule has 4 heteroatoms. The second kappa shape index (κ2) is 17.5. The van der Waals surface area contributed by atoms with Gasteiger partial charge in [0.2, 0.25) is 0 Å². The van der Waals surface area contributed by atoms with E-state index in [-0.39, 0.29) is 23.3 Å². The summed E-state index contributed by atoms with van der Waals surface area (Å²) in [5.41, 5.74) is 5.48. The summed E-state index contributed by atoms with van der Waals surface area (Å²) in [6.07, 6.45) is 15.9. The van der Waals surface area contributed by atoms with Crippen LogP contribution in [-0.2, 0) is 25.7 Å². The Hall–Kier alpha value is -2.36. The van der Waals surface area contributed by atoms with Crippen LogP contribution in [0.1, 0.15) is 178 Å². The van der Waals surface area contributed by atoms with Crippen molar-refractivity contribution in [3.05, 3.63) is 45.5 Å². The molecule has 2 aliphatic rings. The third-order valence-electron chi connectivity index (χ3n) is 12.5. The molecule has 2 aromatic rings. The lowest BCUT2D eigenvalue weighted by molar-refractivity contribution is 0.191. The van der Waals surface area contributed by atoms with Gasteiger partial charge in [0.05, 0.1) is 0 Å². The molecule has 2 aliphatic carbocycles. The minimum Gasteiger partial charge on any atom is -0.508 e. The predicted molar refractivity (Wildman–Crippen MR) is 202 cm³/mol. The number of phenolic OH excluding ortho intramolecular Hbond substituents is 4. The third-order valence-corrected chi connectivity index (χ3v) is 12.5. The van der Waals surface area contributed by atoms with Gasteiger partial charge in [-0.2, -0.15) is 0 Å². The molecule has 48 heavy (non-hydrogen) atoms. The van der Waals surface area contributed by atoms with Gasteiger partial charge in [0.25, 0.3) is 0 Å². The molecule has 0 bridgehead atoms. The van der Waals surface area contributed by atoms with Crippen LogP contribution in [0.25, 0.3) is 0 Å². The van der Waals surface area contributed by atoms with Gasteiger partial charge in [-0.05, 0) is 146 Å². The number of benzene rings is 2. The molecule has 0 aliphatic heterocycles. The zero-order chi connectivity index (χ0) is 35.1. The van der Waals surface area contributed by atoms with Crippen molar-refractivity contribution in [1.29, 1.82) is 0 Å². The first kappa shape index (κ1) is 38.4. The van der Waals surface area contributed by atoms with Gasteiger partial charge >= 0.3 is 0 Å². The molecule has 0 radical (unpaired) electrons. The zero-order valence-corrected chi connectivity index (χ0v) is 31.9. The fraction of sp³-hybridized carbons (Fsp3) is 0.727. The maximum atomic E-state index is 12.2. The van der Waals surface area contributed by atoms with E-state index >= 15 is 0 Å². The SMILES string of the molecule is CCCCCc1cc(O)c([C@@H]2C[C@H](C)CC[C@H]2C(C)C)c(O)c1CCc1c(CCCCC)cc(O)c([C@@H]2C[C@H](C)CC[C@H]2C(C)C)c1O. The summed E-state index contributed by atoms with van der Waals surface area (Å²) in [7, 11) is 0. The van der Waals surface area contributed by atoms with Gasteiger partial charge in [-0.25, -0.2) is 0 Å². The van der Waals surface area contributed by atoms with E-state index in [1.165, 1.54) is 12.8 Å². The van der Waals surface area contributed by atoms with Crippen LogP contribution < -0.4 is 0 Å². The van der Waals surface area contributed by atoms with E-state index in [0.29, 0.717) is 59.8 Å². The zero-order valence-electron chi connectivity index (χ0n) is 31.9. The van der Waals surface area contributed by atoms with Gasteiger partial charge in [0.15, 0.2) is 0 Å². The molecule has 2 fully saturated rings. The highest BCUT2D eigenvalue weighted by Gasteiger charge is 2.38. The lowest BCUT2D eigenvalue weighted by Crippen LogP contribution is -2.26. The topological polar surface area (TPSA) is 80.9 Å². The first-order valence-corrected chi connectivity index (χ1v) is 20.0. The first-order chi connectivity index (χ1) is 22.9. The van der Waals surface area contributed by atoms with E-state index in [0.717, 1.165) is 110 Å². The van der Waals surface area contributed by atoms with Crippen LogP contribution in [-0.4, -0.2) is 20.4 Å². The normalized spacial score (nSPS) is 24.9. The number of hydrogen-bond acceptors (Lipinski definition) is 4. The largest absolute Gasteiger partial charge is 0.508 e. The number of unbranched alkanes of at least 4 members (excludes halogenated alkanes) is 4. The highest BCUT2D eigenvalue weighted by molar-refractivity contribution is 5.58. The van der Waals surface area contributed by atoms with Crippen molar-refractivity contribution in [3.63, 3.8) is 0 Å². The molecule has 0 aromatic heterocycles. The van der Waals surface area contributed by atoms with Crippen molar-refractivity contribution < 1.29 is 20.4 Å². The fourth-order valence-corrected chi connectivity index (χ4v) is 9.72. The monoisotopic (exact) mass is 663 g/mol. The van der Waals surface area contributed by atoms with Crippen LogP contribution in [0, 0.1) is 35.5 Å². The molecule has 2 saturated carbocycles. The van der Waals surface area contributed by atoms with Crippen molar-refractivity contribution in [2.24, 2.45) is 35.5 Å². The number of hydrogen-bond donors (Lipinski definition) is 4. The van der Waals surface area contributed by atoms with E-state index in [1.807, 2.05) is 12.1 Å². The minimum absolute atomic E-state index is 0.136. The summed E-state index contributed by atoms with van der Waals surface area (Å²) < 4.78 is 0. The number of rotatable bonds is 15. The van der Waals surface area contributed by atoms with E-state index in [1.54, 1.807) is 0 Å². The second-order valence-electron chi connectivity index (χ2n) is 16.9. The van der Waals surface area contributed by atoms with Gasteiger partial charge in [-0.15, -0.1) is 0 Å². The molecule has 6 atom stereocenters. The Balaban J connectivity index is 1.81. The van der Waals surface area contributed by atoms with Crippen molar-refractivity contribution in [2.45, 2.75) is 170 Å². The molecule has 270 valence electrons. The van der Waals surface area contributed by atoms with Crippen LogP contribution in [0.3, 0.4) is 0 Å². The summed E-state index contributed by atoms with van der Waals surface area (Å²) in [4.78, 5) is 0. The van der Waals surface area contributed by atoms with Crippen LogP contribution in [0.15, 0.2) is 12.1 Å². The average Bonchev–Trinajstić information content (AvgIpc) is 3.02. The summed E-state index contributed by atoms with van der Waals surface area (Å²) in [5.74, 6) is 4.30. The Kier molecular flexibility index (Phi) is 14.0. The lowest BCUT2D eigenvalue weighted by Gasteiger charge is -2.39. The molecule has 4 N–H and O–H groups in total. The Morgan fingerprint density at radius 2 is 0.938 bits per heavy atom. The maximum Gasteiger partial charge on any atom is 0.126 e. The van der Waals surface area contributed by atoms with Crippen LogP contribution in [0.2, 0.25) is 0 Å². The number of aromatic hydroxyl groups is 4. The van der Waals surface area contributed by atoms with E-state index < -0.39 is 0 Å². The Morgan fingerprint density at radius 1 is 0.562 bits per heavy atom. The molecule has 4 rings (SSSR count). The van der Waals surface area contributed by atoms with Crippen LogP contribution in [0.5, 0.6) is 23.0 Å². The summed E-state index contributed by atoms with van der Waals surface area (Å²) in [6.45, 7) is 18.1. The van der Waals surface area contributed by atoms with Gasteiger partial charge < -0.3 is 20.4 Å². The Bertz CT molecular complexity index is 1220. The molecule has 0 spiro atoms. The lowest BCUT2D eigenvalue weighted by atomic mass is 9.66. The number of phenols is 4. The van der Waals surface area contributed by atoms with Gasteiger partial charge in [-0.1, -0.05) is 93.9 Å². The van der Waals surface area contributed by atoms with Gasteiger partial charge in [0.1, 0.15) is 23.0 Å². The molecular weight excluding hydrogens is 592 g/mol. The second-order valence-corrected chi connectivity index (χ2v) is 16.9. The number of aryl methyl sites for hydroxylation is 2. The van der Waals surface area contributed by atoms with Gasteiger partial charge in [0, 0.05) is 11.1 Å². The highest BCUT2D eigenvalue weighted by atomic mass is 16.3. The van der Waals surface area contributed by atoms with Crippen molar-refractivity contribution >= 4 is 0 Å². The van der Waals surface area contributed by atoms with Crippen molar-refractivity contribution in [3.8, 4) is 23.0 Å². The van der Waals surface area contributed by atoms with E-state index in [2.05, 4.69) is 55.4 Å². The average molecular weight is 663 g/mol. The smallest absolute Gasteiger partial charge is 0.126 e. The predicted octanol–water partition coefficient (Wildman–Crippen LogP) is 12.1. The van der Waals surface area contributed by atoms with E-state index in [4.69, 9.17) is 0 Å². The maximum absolute atomic E-state index is 12.2. The standard InChI is InChI=1S/C44H70O4/c1-9-11-13-15-31-25-39(45)41(37-23-29(7)17-19-33(37)27(3)4)43(47)35(31)21-22-36-32(16-14-12-10-2)26-40(46)42(44(36)48)38-24-30(8)18-20-34(38)28(5)6/h25-30,33-34,37-38,45-48H,9-24H2,1-8H3/t29-,30-,33+,34+,37-,38-/m1/s1. The molecular formula is C44H70O4. The summed E-state index contributed by atoms with van der Waals surface area (Å²) >= 11 is 0. The summed E-state index contributed by atoms with van der Waals surface area (Å²) in [6, 6.07) is 3.94. The third kappa shape index (κ3) is 8.86. The Morgan fingerprint density at radius 3 is 1.27 bits per heavy atom. The van der Waals surface area contributed by atoms with Crippen molar-refractivity contribution in [1.82, 2.24) is 0 Å². The van der Waals surface area contributed by atoms with E-state index in [9.17, 15) is 20.4 Å². The quantitative estimate of drug-likeness (QED) is 0.143. The molecule has 0 saturated heterocycles. The molecule has 0 heterocycles.